The molecule has 0 unspecified atom stereocenters. The van der Waals surface area contributed by atoms with Gasteiger partial charge in [0.25, 0.3) is 0 Å². The molecule has 0 aromatic carbocycles. The van der Waals surface area contributed by atoms with E-state index in [1.807, 2.05) is 13.8 Å². The Bertz CT molecular complexity index is 224. The fourth-order valence-electron chi connectivity index (χ4n) is 1.40. The van der Waals surface area contributed by atoms with Crippen molar-refractivity contribution in [3.05, 3.63) is 0 Å². The lowest BCUT2D eigenvalue weighted by Gasteiger charge is -2.21. The number of rotatable bonds is 8. The molecule has 5 heteroatoms. The first-order chi connectivity index (χ1) is 8.17. The monoisotopic (exact) mass is 244 g/mol. The molecule has 0 heterocycles. The number of carbonyl (C=O) groups is 2. The normalized spacial score (nSPS) is 10.1. The standard InChI is InChI=1S/C12H24N2O3/c1-3-5-8-14(9-6-4-2)12(17)11(16)13-7-10-15/h15H,3-10H2,1-2H3,(H,13,16). The van der Waals surface area contributed by atoms with Crippen molar-refractivity contribution in [3.8, 4) is 0 Å². The van der Waals surface area contributed by atoms with Gasteiger partial charge in [0.15, 0.2) is 0 Å². The third kappa shape index (κ3) is 6.94. The van der Waals surface area contributed by atoms with Crippen LogP contribution in [0.1, 0.15) is 39.5 Å². The minimum atomic E-state index is -0.619. The molecule has 0 saturated carbocycles. The van der Waals surface area contributed by atoms with E-state index in [9.17, 15) is 9.59 Å². The third-order valence-electron chi connectivity index (χ3n) is 2.44. The number of nitrogens with one attached hydrogen (secondary N) is 1. The zero-order valence-electron chi connectivity index (χ0n) is 10.9. The summed E-state index contributed by atoms with van der Waals surface area (Å²) in [5.41, 5.74) is 0. The number of hydrogen-bond donors (Lipinski definition) is 2. The fraction of sp³-hybridized carbons (Fsp3) is 0.833. The molecule has 5 nitrogen and oxygen atoms in total. The Balaban J connectivity index is 4.23. The van der Waals surface area contributed by atoms with Gasteiger partial charge in [-0.05, 0) is 12.8 Å². The van der Waals surface area contributed by atoms with Crippen molar-refractivity contribution in [2.45, 2.75) is 39.5 Å². The van der Waals surface area contributed by atoms with Gasteiger partial charge in [0, 0.05) is 19.6 Å². The molecule has 0 aliphatic rings. The Labute approximate surface area is 103 Å². The van der Waals surface area contributed by atoms with Crippen molar-refractivity contribution in [1.82, 2.24) is 10.2 Å². The Kier molecular flexibility index (Phi) is 9.43. The first-order valence-electron chi connectivity index (χ1n) is 6.35. The SMILES string of the molecule is CCCCN(CCCC)C(=O)C(=O)NCCO. The number of unbranched alkanes of at least 4 members (excludes halogenated alkanes) is 2. The van der Waals surface area contributed by atoms with Crippen LogP contribution in [0, 0.1) is 0 Å². The van der Waals surface area contributed by atoms with E-state index in [0.717, 1.165) is 25.7 Å². The third-order valence-corrected chi connectivity index (χ3v) is 2.44. The summed E-state index contributed by atoms with van der Waals surface area (Å²) in [5, 5.41) is 11.0. The largest absolute Gasteiger partial charge is 0.395 e. The molecule has 0 aromatic heterocycles. The van der Waals surface area contributed by atoms with E-state index in [1.165, 1.54) is 0 Å². The van der Waals surface area contributed by atoms with Gasteiger partial charge in [-0.3, -0.25) is 9.59 Å². The molecule has 17 heavy (non-hydrogen) atoms. The van der Waals surface area contributed by atoms with Crippen LogP contribution in [0.2, 0.25) is 0 Å². The molecule has 0 spiro atoms. The summed E-state index contributed by atoms with van der Waals surface area (Å²) in [5.74, 6) is -1.10. The highest BCUT2D eigenvalue weighted by Crippen LogP contribution is 2.00. The predicted octanol–water partition coefficient (Wildman–Crippen LogP) is 0.524. The highest BCUT2D eigenvalue weighted by Gasteiger charge is 2.20. The molecular formula is C12H24N2O3. The summed E-state index contributed by atoms with van der Waals surface area (Å²) >= 11 is 0. The molecule has 0 radical (unpaired) electrons. The van der Waals surface area contributed by atoms with E-state index in [2.05, 4.69) is 5.32 Å². The number of hydrogen-bond acceptors (Lipinski definition) is 3. The van der Waals surface area contributed by atoms with Crippen molar-refractivity contribution in [2.75, 3.05) is 26.2 Å². The molecule has 100 valence electrons. The van der Waals surface area contributed by atoms with Gasteiger partial charge in [0.2, 0.25) is 0 Å². The number of carbonyl (C=O) groups excluding carboxylic acids is 2. The summed E-state index contributed by atoms with van der Waals surface area (Å²) in [6.07, 6.45) is 3.80. The van der Waals surface area contributed by atoms with Crippen LogP contribution in [0.3, 0.4) is 0 Å². The summed E-state index contributed by atoms with van der Waals surface area (Å²) in [6, 6.07) is 0. The van der Waals surface area contributed by atoms with E-state index in [-0.39, 0.29) is 13.2 Å². The Morgan fingerprint density at radius 2 is 1.65 bits per heavy atom. The first-order valence-corrected chi connectivity index (χ1v) is 6.35. The predicted molar refractivity (Wildman–Crippen MR) is 66.5 cm³/mol. The van der Waals surface area contributed by atoms with Crippen LogP contribution in [0.25, 0.3) is 0 Å². The average molecular weight is 244 g/mol. The molecule has 0 bridgehead atoms. The zero-order valence-corrected chi connectivity index (χ0v) is 10.9. The highest BCUT2D eigenvalue weighted by atomic mass is 16.3. The van der Waals surface area contributed by atoms with E-state index in [0.29, 0.717) is 13.1 Å². The van der Waals surface area contributed by atoms with Crippen LogP contribution in [0.4, 0.5) is 0 Å². The Morgan fingerprint density at radius 3 is 2.06 bits per heavy atom. The topological polar surface area (TPSA) is 69.6 Å². The van der Waals surface area contributed by atoms with Gasteiger partial charge in [-0.2, -0.15) is 0 Å². The molecule has 2 N–H and O–H groups in total. The number of aliphatic hydroxyl groups excluding tert-OH is 1. The van der Waals surface area contributed by atoms with Crippen LogP contribution >= 0.6 is 0 Å². The molecule has 0 aromatic rings. The number of aliphatic hydroxyl groups is 1. The van der Waals surface area contributed by atoms with Gasteiger partial charge in [-0.1, -0.05) is 26.7 Å². The average Bonchev–Trinajstić information content (AvgIpc) is 2.35. The molecule has 0 aliphatic heterocycles. The second kappa shape index (κ2) is 10.1. The molecule has 0 aliphatic carbocycles. The molecule has 0 atom stereocenters. The molecule has 0 rings (SSSR count). The van der Waals surface area contributed by atoms with Crippen LogP contribution in [0.15, 0.2) is 0 Å². The van der Waals surface area contributed by atoms with Gasteiger partial charge in [-0.25, -0.2) is 0 Å². The van der Waals surface area contributed by atoms with Gasteiger partial charge >= 0.3 is 11.8 Å². The lowest BCUT2D eigenvalue weighted by Crippen LogP contribution is -2.44. The van der Waals surface area contributed by atoms with Crippen LogP contribution in [-0.4, -0.2) is 48.1 Å². The quantitative estimate of drug-likeness (QED) is 0.612. The van der Waals surface area contributed by atoms with E-state index >= 15 is 0 Å². The second-order valence-corrected chi connectivity index (χ2v) is 3.98. The molecule has 2 amide bonds. The van der Waals surface area contributed by atoms with Crippen molar-refractivity contribution in [3.63, 3.8) is 0 Å². The second-order valence-electron chi connectivity index (χ2n) is 3.98. The van der Waals surface area contributed by atoms with E-state index in [4.69, 9.17) is 5.11 Å². The first kappa shape index (κ1) is 15.9. The minimum Gasteiger partial charge on any atom is -0.395 e. The Morgan fingerprint density at radius 1 is 1.12 bits per heavy atom. The maximum absolute atomic E-state index is 11.8. The molecular weight excluding hydrogens is 220 g/mol. The number of nitrogens with zero attached hydrogens (tertiary/aromatic N) is 1. The van der Waals surface area contributed by atoms with Gasteiger partial charge < -0.3 is 15.3 Å². The van der Waals surface area contributed by atoms with Gasteiger partial charge in [0.1, 0.15) is 0 Å². The van der Waals surface area contributed by atoms with Crippen LogP contribution < -0.4 is 5.32 Å². The minimum absolute atomic E-state index is 0.125. The zero-order chi connectivity index (χ0) is 13.1. The molecule has 0 fully saturated rings. The smallest absolute Gasteiger partial charge is 0.311 e. The summed E-state index contributed by atoms with van der Waals surface area (Å²) in [6.45, 7) is 5.33. The maximum Gasteiger partial charge on any atom is 0.311 e. The summed E-state index contributed by atoms with van der Waals surface area (Å²) < 4.78 is 0. The molecule has 0 saturated heterocycles. The van der Waals surface area contributed by atoms with Crippen molar-refractivity contribution in [2.24, 2.45) is 0 Å². The van der Waals surface area contributed by atoms with Crippen molar-refractivity contribution in [1.29, 1.82) is 0 Å². The number of amides is 2. The van der Waals surface area contributed by atoms with E-state index < -0.39 is 11.8 Å². The summed E-state index contributed by atoms with van der Waals surface area (Å²) in [4.78, 5) is 24.8. The lowest BCUT2D eigenvalue weighted by molar-refractivity contribution is -0.146. The van der Waals surface area contributed by atoms with Gasteiger partial charge in [0.05, 0.1) is 6.61 Å². The van der Waals surface area contributed by atoms with Crippen molar-refractivity contribution >= 4 is 11.8 Å². The summed E-state index contributed by atoms with van der Waals surface area (Å²) in [7, 11) is 0. The van der Waals surface area contributed by atoms with Gasteiger partial charge in [-0.15, -0.1) is 0 Å². The Hall–Kier alpha value is -1.10. The van der Waals surface area contributed by atoms with Crippen molar-refractivity contribution < 1.29 is 14.7 Å². The van der Waals surface area contributed by atoms with Crippen LogP contribution in [0.5, 0.6) is 0 Å². The van der Waals surface area contributed by atoms with E-state index in [1.54, 1.807) is 4.90 Å². The van der Waals surface area contributed by atoms with Crippen LogP contribution in [-0.2, 0) is 9.59 Å². The lowest BCUT2D eigenvalue weighted by atomic mass is 10.2. The fourth-order valence-corrected chi connectivity index (χ4v) is 1.40. The maximum atomic E-state index is 11.8. The highest BCUT2D eigenvalue weighted by molar-refractivity contribution is 6.34.